The van der Waals surface area contributed by atoms with Gasteiger partial charge in [0.1, 0.15) is 11.6 Å². The Hall–Kier alpha value is -2.64. The van der Waals surface area contributed by atoms with E-state index >= 15 is 0 Å². The van der Waals surface area contributed by atoms with Gasteiger partial charge >= 0.3 is 6.03 Å². The highest BCUT2D eigenvalue weighted by atomic mass is 19.1. The summed E-state index contributed by atoms with van der Waals surface area (Å²) in [5, 5.41) is 13.4. The van der Waals surface area contributed by atoms with Crippen LogP contribution in [0.25, 0.3) is 0 Å². The summed E-state index contributed by atoms with van der Waals surface area (Å²) >= 11 is 0. The monoisotopic (exact) mass is 269 g/mol. The number of imide groups is 1. The summed E-state index contributed by atoms with van der Waals surface area (Å²) in [6.45, 7) is 0.946. The predicted molar refractivity (Wildman–Crippen MR) is 63.6 cm³/mol. The van der Waals surface area contributed by atoms with Gasteiger partial charge in [0, 0.05) is 11.6 Å². The summed E-state index contributed by atoms with van der Waals surface area (Å²) in [6, 6.07) is 2.51. The standard InChI is InChI=1S/C11H12FN3O4/c1-6(15-18)8-3-2-7(12)4-9(8)19-5-10(16)14-11(13)17/h2-4,18H,5H2,1H3,(H3,13,14,16,17). The van der Waals surface area contributed by atoms with E-state index in [1.807, 2.05) is 0 Å². The summed E-state index contributed by atoms with van der Waals surface area (Å²) in [4.78, 5) is 21.6. The summed E-state index contributed by atoms with van der Waals surface area (Å²) in [7, 11) is 0. The van der Waals surface area contributed by atoms with Crippen LogP contribution in [0.15, 0.2) is 23.4 Å². The number of carbonyl (C=O) groups excluding carboxylic acids is 2. The van der Waals surface area contributed by atoms with E-state index in [0.29, 0.717) is 5.56 Å². The highest BCUT2D eigenvalue weighted by Crippen LogP contribution is 2.20. The first-order valence-corrected chi connectivity index (χ1v) is 5.14. The quantitative estimate of drug-likeness (QED) is 0.421. The van der Waals surface area contributed by atoms with E-state index in [0.717, 1.165) is 12.1 Å². The number of amides is 3. The minimum Gasteiger partial charge on any atom is -0.483 e. The third-order valence-electron chi connectivity index (χ3n) is 2.10. The molecule has 0 fully saturated rings. The van der Waals surface area contributed by atoms with Gasteiger partial charge in [0.05, 0.1) is 5.71 Å². The molecule has 7 nitrogen and oxygen atoms in total. The summed E-state index contributed by atoms with van der Waals surface area (Å²) in [5.41, 5.74) is 5.25. The van der Waals surface area contributed by atoms with Crippen LogP contribution in [0.3, 0.4) is 0 Å². The van der Waals surface area contributed by atoms with Gasteiger partial charge in [0.25, 0.3) is 5.91 Å². The third-order valence-corrected chi connectivity index (χ3v) is 2.10. The van der Waals surface area contributed by atoms with Gasteiger partial charge in [-0.15, -0.1) is 0 Å². The Morgan fingerprint density at radius 3 is 2.79 bits per heavy atom. The van der Waals surface area contributed by atoms with Gasteiger partial charge in [0.15, 0.2) is 6.61 Å². The molecule has 0 heterocycles. The van der Waals surface area contributed by atoms with E-state index in [4.69, 9.17) is 15.7 Å². The zero-order valence-corrected chi connectivity index (χ0v) is 10.0. The van der Waals surface area contributed by atoms with Crippen molar-refractivity contribution in [1.82, 2.24) is 5.32 Å². The zero-order valence-electron chi connectivity index (χ0n) is 10.0. The van der Waals surface area contributed by atoms with Crippen molar-refractivity contribution in [1.29, 1.82) is 0 Å². The molecule has 0 radical (unpaired) electrons. The van der Waals surface area contributed by atoms with E-state index in [1.54, 1.807) is 5.32 Å². The average Bonchev–Trinajstić information content (AvgIpc) is 2.34. The lowest BCUT2D eigenvalue weighted by molar-refractivity contribution is -0.121. The molecular formula is C11H12FN3O4. The van der Waals surface area contributed by atoms with Crippen molar-refractivity contribution in [3.05, 3.63) is 29.6 Å². The number of hydrogen-bond donors (Lipinski definition) is 3. The molecule has 19 heavy (non-hydrogen) atoms. The predicted octanol–water partition coefficient (Wildman–Crippen LogP) is 0.598. The zero-order chi connectivity index (χ0) is 14.4. The van der Waals surface area contributed by atoms with E-state index in [9.17, 15) is 14.0 Å². The second-order valence-electron chi connectivity index (χ2n) is 3.53. The second kappa shape index (κ2) is 6.34. The Morgan fingerprint density at radius 2 is 2.21 bits per heavy atom. The van der Waals surface area contributed by atoms with Crippen LogP contribution < -0.4 is 15.8 Å². The second-order valence-corrected chi connectivity index (χ2v) is 3.53. The number of ether oxygens (including phenoxy) is 1. The van der Waals surface area contributed by atoms with Gasteiger partial charge in [-0.05, 0) is 19.1 Å². The Kier molecular flexibility index (Phi) is 4.81. The van der Waals surface area contributed by atoms with Crippen LogP contribution in [0.5, 0.6) is 5.75 Å². The van der Waals surface area contributed by atoms with Crippen LogP contribution in [0.1, 0.15) is 12.5 Å². The summed E-state index contributed by atoms with van der Waals surface area (Å²) < 4.78 is 18.1. The average molecular weight is 269 g/mol. The molecule has 0 aliphatic rings. The number of benzene rings is 1. The van der Waals surface area contributed by atoms with E-state index < -0.39 is 24.4 Å². The molecule has 0 atom stereocenters. The largest absolute Gasteiger partial charge is 0.483 e. The lowest BCUT2D eigenvalue weighted by Gasteiger charge is -2.10. The van der Waals surface area contributed by atoms with Crippen LogP contribution in [0.2, 0.25) is 0 Å². The highest BCUT2D eigenvalue weighted by molar-refractivity contribution is 6.01. The molecule has 0 saturated carbocycles. The first kappa shape index (κ1) is 14.4. The molecule has 4 N–H and O–H groups in total. The van der Waals surface area contributed by atoms with Crippen molar-refractivity contribution in [3.63, 3.8) is 0 Å². The van der Waals surface area contributed by atoms with Gasteiger partial charge in [-0.25, -0.2) is 9.18 Å². The molecule has 0 spiro atoms. The van der Waals surface area contributed by atoms with Crippen LogP contribution in [-0.2, 0) is 4.79 Å². The molecule has 102 valence electrons. The van der Waals surface area contributed by atoms with Crippen LogP contribution in [0.4, 0.5) is 9.18 Å². The van der Waals surface area contributed by atoms with Crippen LogP contribution in [-0.4, -0.2) is 29.5 Å². The number of oxime groups is 1. The van der Waals surface area contributed by atoms with Crippen LogP contribution >= 0.6 is 0 Å². The van der Waals surface area contributed by atoms with Crippen LogP contribution in [0, 0.1) is 5.82 Å². The number of nitrogens with one attached hydrogen (secondary N) is 1. The van der Waals surface area contributed by atoms with Gasteiger partial charge < -0.3 is 15.7 Å². The molecular weight excluding hydrogens is 257 g/mol. The highest BCUT2D eigenvalue weighted by Gasteiger charge is 2.11. The number of nitrogens with zero attached hydrogens (tertiary/aromatic N) is 1. The SMILES string of the molecule is CC(=NO)c1ccc(F)cc1OCC(=O)NC(N)=O. The fourth-order valence-electron chi connectivity index (χ4n) is 1.29. The molecule has 1 aromatic carbocycles. The lowest BCUT2D eigenvalue weighted by Crippen LogP contribution is -2.38. The molecule has 0 saturated heterocycles. The molecule has 0 aliphatic carbocycles. The van der Waals surface area contributed by atoms with Crippen molar-refractivity contribution in [2.75, 3.05) is 6.61 Å². The normalized spacial score (nSPS) is 10.9. The third kappa shape index (κ3) is 4.26. The summed E-state index contributed by atoms with van der Waals surface area (Å²) in [5.74, 6) is -1.35. The maximum atomic E-state index is 13.1. The Bertz CT molecular complexity index is 531. The number of halogens is 1. The van der Waals surface area contributed by atoms with E-state index in [-0.39, 0.29) is 11.5 Å². The smallest absolute Gasteiger partial charge is 0.318 e. The molecule has 0 unspecified atom stereocenters. The number of urea groups is 1. The molecule has 1 rings (SSSR count). The van der Waals surface area contributed by atoms with Crippen molar-refractivity contribution in [2.45, 2.75) is 6.92 Å². The number of primary amides is 1. The molecule has 0 bridgehead atoms. The number of nitrogens with two attached hydrogens (primary N) is 1. The van der Waals surface area contributed by atoms with Crippen molar-refractivity contribution in [3.8, 4) is 5.75 Å². The molecule has 8 heteroatoms. The fraction of sp³-hybridized carbons (Fsp3) is 0.182. The number of hydrogen-bond acceptors (Lipinski definition) is 5. The van der Waals surface area contributed by atoms with Gasteiger partial charge in [-0.3, -0.25) is 10.1 Å². The maximum absolute atomic E-state index is 13.1. The minimum atomic E-state index is -1.01. The topological polar surface area (TPSA) is 114 Å². The van der Waals surface area contributed by atoms with E-state index in [2.05, 4.69) is 5.16 Å². The molecule has 3 amide bonds. The lowest BCUT2D eigenvalue weighted by atomic mass is 10.1. The van der Waals surface area contributed by atoms with E-state index in [1.165, 1.54) is 13.0 Å². The summed E-state index contributed by atoms with van der Waals surface area (Å²) in [6.07, 6.45) is 0. The van der Waals surface area contributed by atoms with Gasteiger partial charge in [-0.2, -0.15) is 0 Å². The fourth-order valence-corrected chi connectivity index (χ4v) is 1.29. The number of rotatable bonds is 4. The Labute approximate surface area is 107 Å². The first-order valence-electron chi connectivity index (χ1n) is 5.14. The molecule has 1 aromatic rings. The van der Waals surface area contributed by atoms with Crippen molar-refractivity contribution >= 4 is 17.6 Å². The minimum absolute atomic E-state index is 0.00919. The van der Waals surface area contributed by atoms with Crippen molar-refractivity contribution < 1.29 is 23.9 Å². The van der Waals surface area contributed by atoms with Crippen molar-refractivity contribution in [2.24, 2.45) is 10.9 Å². The van der Waals surface area contributed by atoms with Gasteiger partial charge in [-0.1, -0.05) is 5.16 Å². The Balaban J connectivity index is 2.85. The number of carbonyl (C=O) groups is 2. The molecule has 0 aromatic heterocycles. The molecule has 0 aliphatic heterocycles. The first-order chi connectivity index (χ1) is 8.93. The Morgan fingerprint density at radius 1 is 1.53 bits per heavy atom. The maximum Gasteiger partial charge on any atom is 0.318 e. The van der Waals surface area contributed by atoms with Gasteiger partial charge in [0.2, 0.25) is 0 Å².